The van der Waals surface area contributed by atoms with Gasteiger partial charge in [0.2, 0.25) is 0 Å². The van der Waals surface area contributed by atoms with Gasteiger partial charge in [0.05, 0.1) is 6.61 Å². The van der Waals surface area contributed by atoms with E-state index in [9.17, 15) is 0 Å². The molecule has 0 aliphatic carbocycles. The SMILES string of the molecule is COCC(C)NCCC(c1ccccc1)c1ccccc1. The molecule has 0 bridgehead atoms. The molecular weight excluding hydrogens is 258 g/mol. The number of hydrogen-bond acceptors (Lipinski definition) is 2. The molecule has 0 aliphatic rings. The van der Waals surface area contributed by atoms with E-state index in [0.717, 1.165) is 19.6 Å². The van der Waals surface area contributed by atoms with Gasteiger partial charge < -0.3 is 10.1 Å². The predicted molar refractivity (Wildman–Crippen MR) is 88.7 cm³/mol. The van der Waals surface area contributed by atoms with Crippen molar-refractivity contribution in [2.75, 3.05) is 20.3 Å². The molecule has 2 aromatic carbocycles. The van der Waals surface area contributed by atoms with Gasteiger partial charge in [-0.05, 0) is 31.0 Å². The second-order valence-electron chi connectivity index (χ2n) is 5.47. The van der Waals surface area contributed by atoms with Gasteiger partial charge in [0, 0.05) is 19.1 Å². The normalized spacial score (nSPS) is 12.5. The Labute approximate surface area is 128 Å². The fourth-order valence-electron chi connectivity index (χ4n) is 2.68. The van der Waals surface area contributed by atoms with E-state index in [1.807, 2.05) is 0 Å². The van der Waals surface area contributed by atoms with Crippen LogP contribution in [0.25, 0.3) is 0 Å². The van der Waals surface area contributed by atoms with Gasteiger partial charge in [-0.3, -0.25) is 0 Å². The van der Waals surface area contributed by atoms with Crippen LogP contribution in [0.1, 0.15) is 30.4 Å². The Morgan fingerprint density at radius 1 is 0.905 bits per heavy atom. The summed E-state index contributed by atoms with van der Waals surface area (Å²) in [6, 6.07) is 21.9. The first-order valence-corrected chi connectivity index (χ1v) is 7.63. The largest absolute Gasteiger partial charge is 0.383 e. The first-order valence-electron chi connectivity index (χ1n) is 7.63. The number of ether oxygens (including phenoxy) is 1. The number of rotatable bonds is 8. The molecule has 0 radical (unpaired) electrons. The third-order valence-corrected chi connectivity index (χ3v) is 3.75. The Morgan fingerprint density at radius 3 is 1.90 bits per heavy atom. The fourth-order valence-corrected chi connectivity index (χ4v) is 2.68. The molecule has 1 unspecified atom stereocenters. The van der Waals surface area contributed by atoms with E-state index in [-0.39, 0.29) is 0 Å². The van der Waals surface area contributed by atoms with Crippen LogP contribution in [0.4, 0.5) is 0 Å². The second kappa shape index (κ2) is 8.60. The maximum Gasteiger partial charge on any atom is 0.0613 e. The Hall–Kier alpha value is -1.64. The summed E-state index contributed by atoms with van der Waals surface area (Å²) in [5, 5.41) is 3.53. The molecule has 0 fully saturated rings. The zero-order chi connectivity index (χ0) is 14.9. The van der Waals surface area contributed by atoms with Crippen LogP contribution in [0.5, 0.6) is 0 Å². The summed E-state index contributed by atoms with van der Waals surface area (Å²) in [5.74, 6) is 0.439. The minimum Gasteiger partial charge on any atom is -0.383 e. The molecule has 2 heteroatoms. The molecule has 0 amide bonds. The summed E-state index contributed by atoms with van der Waals surface area (Å²) in [5.41, 5.74) is 2.76. The molecule has 2 aromatic rings. The summed E-state index contributed by atoms with van der Waals surface area (Å²) in [4.78, 5) is 0. The Morgan fingerprint density at radius 2 is 1.43 bits per heavy atom. The average molecular weight is 283 g/mol. The predicted octanol–water partition coefficient (Wildman–Crippen LogP) is 3.83. The van der Waals surface area contributed by atoms with Crippen molar-refractivity contribution in [2.24, 2.45) is 0 Å². The number of methoxy groups -OCH3 is 1. The number of nitrogens with one attached hydrogen (secondary N) is 1. The van der Waals surface area contributed by atoms with Gasteiger partial charge in [0.15, 0.2) is 0 Å². The summed E-state index contributed by atoms with van der Waals surface area (Å²) in [7, 11) is 1.74. The van der Waals surface area contributed by atoms with Gasteiger partial charge in [-0.2, -0.15) is 0 Å². The highest BCUT2D eigenvalue weighted by Gasteiger charge is 2.13. The van der Waals surface area contributed by atoms with E-state index >= 15 is 0 Å². The lowest BCUT2D eigenvalue weighted by atomic mass is 9.88. The third kappa shape index (κ3) is 5.00. The molecule has 2 rings (SSSR count). The average Bonchev–Trinajstić information content (AvgIpc) is 2.53. The van der Waals surface area contributed by atoms with Crippen LogP contribution in [0.2, 0.25) is 0 Å². The summed E-state index contributed by atoms with van der Waals surface area (Å²) in [6.07, 6.45) is 1.09. The van der Waals surface area contributed by atoms with E-state index in [2.05, 4.69) is 72.9 Å². The number of benzene rings is 2. The maximum atomic E-state index is 5.17. The van der Waals surface area contributed by atoms with Crippen molar-refractivity contribution >= 4 is 0 Å². The molecule has 0 aliphatic heterocycles. The van der Waals surface area contributed by atoms with Gasteiger partial charge in [-0.1, -0.05) is 60.7 Å². The summed E-state index contributed by atoms with van der Waals surface area (Å²) < 4.78 is 5.17. The smallest absolute Gasteiger partial charge is 0.0613 e. The Balaban J connectivity index is 2.04. The highest BCUT2D eigenvalue weighted by atomic mass is 16.5. The summed E-state index contributed by atoms with van der Waals surface area (Å²) in [6.45, 7) is 3.89. The van der Waals surface area contributed by atoms with Crippen molar-refractivity contribution in [2.45, 2.75) is 25.3 Å². The fraction of sp³-hybridized carbons (Fsp3) is 0.368. The topological polar surface area (TPSA) is 21.3 Å². The molecule has 1 N–H and O–H groups in total. The van der Waals surface area contributed by atoms with Crippen molar-refractivity contribution < 1.29 is 4.74 Å². The second-order valence-corrected chi connectivity index (χ2v) is 5.47. The van der Waals surface area contributed by atoms with Crippen molar-refractivity contribution in [1.29, 1.82) is 0 Å². The first kappa shape index (κ1) is 15.7. The van der Waals surface area contributed by atoms with Crippen molar-refractivity contribution in [3.05, 3.63) is 71.8 Å². The van der Waals surface area contributed by atoms with Crippen LogP contribution in [0, 0.1) is 0 Å². The molecule has 2 nitrogen and oxygen atoms in total. The first-order chi connectivity index (χ1) is 10.3. The third-order valence-electron chi connectivity index (χ3n) is 3.75. The Bertz CT molecular complexity index is 458. The van der Waals surface area contributed by atoms with Crippen LogP contribution in [-0.4, -0.2) is 26.3 Å². The molecule has 0 saturated heterocycles. The van der Waals surface area contributed by atoms with Crippen LogP contribution < -0.4 is 5.32 Å². The van der Waals surface area contributed by atoms with Crippen LogP contribution >= 0.6 is 0 Å². The molecule has 0 aromatic heterocycles. The highest BCUT2D eigenvalue weighted by molar-refractivity contribution is 5.32. The lowest BCUT2D eigenvalue weighted by Gasteiger charge is -2.20. The Kier molecular flexibility index (Phi) is 6.45. The molecule has 112 valence electrons. The van der Waals surface area contributed by atoms with Gasteiger partial charge in [0.25, 0.3) is 0 Å². The van der Waals surface area contributed by atoms with Crippen LogP contribution in [0.3, 0.4) is 0 Å². The molecule has 21 heavy (non-hydrogen) atoms. The molecular formula is C19H25NO. The lowest BCUT2D eigenvalue weighted by molar-refractivity contribution is 0.172. The van der Waals surface area contributed by atoms with Crippen molar-refractivity contribution in [1.82, 2.24) is 5.32 Å². The van der Waals surface area contributed by atoms with Crippen molar-refractivity contribution in [3.63, 3.8) is 0 Å². The molecule has 0 heterocycles. The quantitative estimate of drug-likeness (QED) is 0.795. The van der Waals surface area contributed by atoms with E-state index in [4.69, 9.17) is 4.74 Å². The zero-order valence-electron chi connectivity index (χ0n) is 13.0. The maximum absolute atomic E-state index is 5.17. The molecule has 0 spiro atoms. The summed E-state index contributed by atoms with van der Waals surface area (Å²) >= 11 is 0. The van der Waals surface area contributed by atoms with E-state index in [1.54, 1.807) is 7.11 Å². The van der Waals surface area contributed by atoms with E-state index in [0.29, 0.717) is 12.0 Å². The monoisotopic (exact) mass is 283 g/mol. The minimum absolute atomic E-state index is 0.391. The van der Waals surface area contributed by atoms with Gasteiger partial charge in [0.1, 0.15) is 0 Å². The highest BCUT2D eigenvalue weighted by Crippen LogP contribution is 2.27. The number of hydrogen-bond donors (Lipinski definition) is 1. The molecule has 0 saturated carbocycles. The van der Waals surface area contributed by atoms with E-state index < -0.39 is 0 Å². The van der Waals surface area contributed by atoms with Crippen LogP contribution in [0.15, 0.2) is 60.7 Å². The van der Waals surface area contributed by atoms with Gasteiger partial charge in [-0.15, -0.1) is 0 Å². The van der Waals surface area contributed by atoms with Gasteiger partial charge in [-0.25, -0.2) is 0 Å². The van der Waals surface area contributed by atoms with Crippen LogP contribution in [-0.2, 0) is 4.74 Å². The molecule has 1 atom stereocenters. The van der Waals surface area contributed by atoms with E-state index in [1.165, 1.54) is 11.1 Å². The minimum atomic E-state index is 0.391. The van der Waals surface area contributed by atoms with Crippen molar-refractivity contribution in [3.8, 4) is 0 Å². The van der Waals surface area contributed by atoms with Gasteiger partial charge >= 0.3 is 0 Å². The lowest BCUT2D eigenvalue weighted by Crippen LogP contribution is -2.31. The zero-order valence-corrected chi connectivity index (χ0v) is 13.0. The standard InChI is InChI=1S/C19H25NO/c1-16(15-21-2)20-14-13-19(17-9-5-3-6-10-17)18-11-7-4-8-12-18/h3-12,16,19-20H,13-15H2,1-2H3.